The summed E-state index contributed by atoms with van der Waals surface area (Å²) < 4.78 is 15.6. The van der Waals surface area contributed by atoms with Crippen LogP contribution in [0.3, 0.4) is 0 Å². The predicted molar refractivity (Wildman–Crippen MR) is 202 cm³/mol. The number of carbonyl (C=O) groups is 5. The van der Waals surface area contributed by atoms with Crippen molar-refractivity contribution in [2.45, 2.75) is 44.1 Å². The standard InChI is InChI=1S/C39H43N5O13/c1-18(16-44(11-12-45)37(52)55-17-25-33(57-38(53)56-25)19-9-7-6-8-10-19)41-23-15-24(42(2)3)21-13-20-14-22-29(43(4)5)32(48)28(36(40)51)35(50)39(22,54)34(49)26(20)31(47)27(21)30(23)46/h6-10,12,15,18,20,22,29,41,46-47,50,54H,11,13-14,16-17H2,1-5H3,(H2,40,51)/t18?,20?,22?,29-,39+/m1/s1. The van der Waals surface area contributed by atoms with Crippen molar-refractivity contribution in [3.05, 3.63) is 80.8 Å². The number of aliphatic hydroxyl groups excluding tert-OH is 2. The van der Waals surface area contributed by atoms with Crippen molar-refractivity contribution < 1.29 is 58.0 Å². The Hall–Kier alpha value is -6.40. The van der Waals surface area contributed by atoms with Gasteiger partial charge in [-0.15, -0.1) is 0 Å². The van der Waals surface area contributed by atoms with Crippen molar-refractivity contribution in [2.24, 2.45) is 17.6 Å². The number of nitrogens with one attached hydrogen (secondary N) is 1. The Morgan fingerprint density at radius 2 is 1.77 bits per heavy atom. The molecule has 0 saturated heterocycles. The van der Waals surface area contributed by atoms with Gasteiger partial charge in [0.15, 0.2) is 29.5 Å². The number of nitrogens with zero attached hydrogens (tertiary/aromatic N) is 3. The second-order valence-corrected chi connectivity index (χ2v) is 14.7. The number of ether oxygens (including phenoxy) is 1. The van der Waals surface area contributed by atoms with E-state index in [1.54, 1.807) is 62.3 Å². The molecule has 0 radical (unpaired) electrons. The number of phenols is 1. The van der Waals surface area contributed by atoms with Crippen LogP contribution >= 0.6 is 0 Å². The number of hydrogen-bond donors (Lipinski definition) is 6. The molecule has 5 atom stereocenters. The molecule has 3 aliphatic rings. The van der Waals surface area contributed by atoms with Gasteiger partial charge >= 0.3 is 11.9 Å². The molecule has 3 aromatic rings. The number of aldehydes is 1. The van der Waals surface area contributed by atoms with Crippen molar-refractivity contribution in [3.63, 3.8) is 0 Å². The lowest BCUT2D eigenvalue weighted by Crippen LogP contribution is -2.65. The average molecular weight is 790 g/mol. The van der Waals surface area contributed by atoms with Crippen LogP contribution in [0.1, 0.15) is 30.2 Å². The quantitative estimate of drug-likeness (QED) is 0.0869. The van der Waals surface area contributed by atoms with E-state index in [4.69, 9.17) is 19.3 Å². The van der Waals surface area contributed by atoms with Gasteiger partial charge in [0.2, 0.25) is 5.78 Å². The van der Waals surface area contributed by atoms with E-state index in [0.717, 1.165) is 4.90 Å². The highest BCUT2D eigenvalue weighted by Crippen LogP contribution is 2.54. The highest BCUT2D eigenvalue weighted by Gasteiger charge is 2.64. The van der Waals surface area contributed by atoms with Gasteiger partial charge in [-0.2, -0.15) is 0 Å². The second-order valence-electron chi connectivity index (χ2n) is 14.7. The first-order chi connectivity index (χ1) is 26.9. The maximum Gasteiger partial charge on any atom is 0.519 e. The summed E-state index contributed by atoms with van der Waals surface area (Å²) in [5, 5.41) is 49.7. The Kier molecular flexibility index (Phi) is 10.8. The zero-order valence-corrected chi connectivity index (χ0v) is 31.8. The van der Waals surface area contributed by atoms with Crippen molar-refractivity contribution in [2.75, 3.05) is 51.5 Å². The van der Waals surface area contributed by atoms with Gasteiger partial charge in [0.1, 0.15) is 29.1 Å². The number of aromatic hydroxyl groups is 1. The molecule has 0 bridgehead atoms. The normalized spacial score (nSPS) is 22.1. The van der Waals surface area contributed by atoms with Crippen LogP contribution in [0, 0.1) is 11.8 Å². The van der Waals surface area contributed by atoms with Gasteiger partial charge in [-0.1, -0.05) is 30.3 Å². The third-order valence-corrected chi connectivity index (χ3v) is 10.6. The van der Waals surface area contributed by atoms with Crippen LogP contribution in [0.2, 0.25) is 0 Å². The molecule has 57 heavy (non-hydrogen) atoms. The number of aliphatic hydroxyl groups is 3. The number of rotatable bonds is 12. The number of likely N-dealkylation sites (N-methyl/N-ethyl adjacent to an activating group) is 1. The fourth-order valence-corrected chi connectivity index (χ4v) is 8.19. The van der Waals surface area contributed by atoms with Gasteiger partial charge in [0, 0.05) is 49.4 Å². The molecule has 7 N–H and O–H groups in total. The van der Waals surface area contributed by atoms with Crippen LogP contribution in [0.25, 0.3) is 17.1 Å². The van der Waals surface area contributed by atoms with Crippen LogP contribution in [0.15, 0.2) is 66.9 Å². The van der Waals surface area contributed by atoms with E-state index in [1.165, 1.54) is 19.0 Å². The van der Waals surface area contributed by atoms with Crippen LogP contribution in [0.4, 0.5) is 16.2 Å². The molecule has 18 nitrogen and oxygen atoms in total. The maximum atomic E-state index is 14.3. The fraction of sp³-hybridized carbons (Fsp3) is 0.385. The molecule has 3 unspecified atom stereocenters. The molecule has 302 valence electrons. The number of amides is 2. The third kappa shape index (κ3) is 6.90. The minimum atomic E-state index is -2.79. The molecule has 3 aliphatic carbocycles. The molecule has 0 spiro atoms. The molecule has 1 aromatic heterocycles. The molecule has 1 heterocycles. The van der Waals surface area contributed by atoms with E-state index < -0.39 is 88.4 Å². The summed E-state index contributed by atoms with van der Waals surface area (Å²) >= 11 is 0. The van der Waals surface area contributed by atoms with Gasteiger partial charge in [-0.3, -0.25) is 24.2 Å². The van der Waals surface area contributed by atoms with Crippen molar-refractivity contribution in [3.8, 4) is 17.1 Å². The first-order valence-corrected chi connectivity index (χ1v) is 17.9. The first-order valence-electron chi connectivity index (χ1n) is 17.9. The minimum absolute atomic E-state index is 0.0451. The lowest BCUT2D eigenvalue weighted by molar-refractivity contribution is -0.153. The van der Waals surface area contributed by atoms with E-state index >= 15 is 0 Å². The Morgan fingerprint density at radius 1 is 1.09 bits per heavy atom. The predicted octanol–water partition coefficient (Wildman–Crippen LogP) is 1.88. The Morgan fingerprint density at radius 3 is 2.39 bits per heavy atom. The second kappa shape index (κ2) is 15.3. The largest absolute Gasteiger partial charge is 0.519 e. The van der Waals surface area contributed by atoms with Crippen LogP contribution in [-0.4, -0.2) is 119 Å². The molecule has 2 aromatic carbocycles. The number of anilines is 2. The van der Waals surface area contributed by atoms with Crippen molar-refractivity contribution in [1.29, 1.82) is 0 Å². The van der Waals surface area contributed by atoms with E-state index in [9.17, 15) is 49.2 Å². The van der Waals surface area contributed by atoms with Gasteiger partial charge in [0.25, 0.3) is 5.91 Å². The van der Waals surface area contributed by atoms with Gasteiger partial charge in [0.05, 0.1) is 23.8 Å². The zero-order valence-electron chi connectivity index (χ0n) is 31.8. The summed E-state index contributed by atoms with van der Waals surface area (Å²) in [4.78, 5) is 80.9. The molecule has 6 rings (SSSR count). The number of benzene rings is 2. The number of carbonyl (C=O) groups excluding carboxylic acids is 5. The van der Waals surface area contributed by atoms with Crippen LogP contribution in [0.5, 0.6) is 5.75 Å². The lowest BCUT2D eigenvalue weighted by Gasteiger charge is -2.50. The maximum absolute atomic E-state index is 14.3. The van der Waals surface area contributed by atoms with E-state index in [2.05, 4.69) is 5.32 Å². The molecular weight excluding hydrogens is 746 g/mol. The van der Waals surface area contributed by atoms with Gasteiger partial charge in [-0.05, 0) is 51.4 Å². The number of ketones is 2. The molecule has 2 amide bonds. The SMILES string of the molecule is CC(CN(CC=O)C(=O)OCc1oc(=O)oc1-c1ccccc1)Nc1cc(N(C)C)c2c(c1O)C(O)=C1C(=O)[C@]3(O)C(O)=C(C(N)=O)C(=O)[C@H](N(C)C)C3CC1C2. The highest BCUT2D eigenvalue weighted by molar-refractivity contribution is 6.24. The topological polar surface area (TPSA) is 267 Å². The summed E-state index contributed by atoms with van der Waals surface area (Å²) in [6.07, 6.45) is -0.433. The molecule has 1 fully saturated rings. The molecule has 0 aliphatic heterocycles. The number of fused-ring (bicyclic) bond motifs is 3. The lowest BCUT2D eigenvalue weighted by atomic mass is 9.57. The molecular formula is C39H43N5O13. The molecule has 1 saturated carbocycles. The Labute approximate surface area is 325 Å². The summed E-state index contributed by atoms with van der Waals surface area (Å²) in [6, 6.07) is 8.25. The van der Waals surface area contributed by atoms with E-state index in [-0.39, 0.29) is 54.3 Å². The minimum Gasteiger partial charge on any atom is -0.508 e. The summed E-state index contributed by atoms with van der Waals surface area (Å²) in [6.45, 7) is 0.627. The number of phenolic OH excluding ortho intramolecular Hbond substituents is 1. The number of nitrogens with two attached hydrogens (primary N) is 1. The smallest absolute Gasteiger partial charge is 0.508 e. The monoisotopic (exact) mass is 789 g/mol. The van der Waals surface area contributed by atoms with E-state index in [1.807, 2.05) is 0 Å². The van der Waals surface area contributed by atoms with Gasteiger partial charge in [-0.25, -0.2) is 9.59 Å². The highest BCUT2D eigenvalue weighted by atomic mass is 16.6. The van der Waals surface area contributed by atoms with Crippen LogP contribution in [-0.2, 0) is 36.9 Å². The molecule has 18 heteroatoms. The Balaban J connectivity index is 1.29. The average Bonchev–Trinajstić information content (AvgIpc) is 3.53. The number of Topliss-reactive ketones (excluding diaryl/α,β-unsaturated/α-hetero) is 2. The summed E-state index contributed by atoms with van der Waals surface area (Å²) in [7, 11) is 6.50. The fourth-order valence-electron chi connectivity index (χ4n) is 8.19. The van der Waals surface area contributed by atoms with Gasteiger partial charge < -0.3 is 54.7 Å². The van der Waals surface area contributed by atoms with Crippen LogP contribution < -0.4 is 21.8 Å². The van der Waals surface area contributed by atoms with Crippen molar-refractivity contribution >= 4 is 47.0 Å². The summed E-state index contributed by atoms with van der Waals surface area (Å²) in [5.74, 6) is -8.63. The zero-order chi connectivity index (χ0) is 41.7. The van der Waals surface area contributed by atoms with Crippen molar-refractivity contribution in [1.82, 2.24) is 9.80 Å². The summed E-state index contributed by atoms with van der Waals surface area (Å²) in [5.41, 5.74) is 2.84. The first kappa shape index (κ1) is 40.3. The Bertz CT molecular complexity index is 2270. The number of primary amides is 1. The number of hydrogen-bond acceptors (Lipinski definition) is 16. The third-order valence-electron chi connectivity index (χ3n) is 10.6. The van der Waals surface area contributed by atoms with E-state index in [0.29, 0.717) is 23.1 Å².